The summed E-state index contributed by atoms with van der Waals surface area (Å²) in [6, 6.07) is -1.26. The van der Waals surface area contributed by atoms with E-state index in [0.717, 1.165) is 0 Å². The first-order valence-corrected chi connectivity index (χ1v) is 14.7. The Kier molecular flexibility index (Phi) is 18.8. The minimum Gasteiger partial charge on any atom is -0.480 e. The molecule has 264 valence electrons. The average Bonchev–Trinajstić information content (AvgIpc) is 2.97. The highest BCUT2D eigenvalue weighted by Crippen LogP contribution is 2.04. The van der Waals surface area contributed by atoms with Crippen LogP contribution in [0.4, 0.5) is 0 Å². The maximum absolute atomic E-state index is 12.9. The first kappa shape index (κ1) is 40.5. The van der Waals surface area contributed by atoms with E-state index < -0.39 is 73.1 Å². The molecule has 0 bridgehead atoms. The van der Waals surface area contributed by atoms with Crippen LogP contribution in [-0.2, 0) is 28.8 Å². The predicted octanol–water partition coefficient (Wildman–Crippen LogP) is -6.60. The summed E-state index contributed by atoms with van der Waals surface area (Å²) in [5.41, 5.74) is 5.41. The number of primary amides is 1. The van der Waals surface area contributed by atoms with Crippen molar-refractivity contribution in [3.63, 3.8) is 0 Å². The van der Waals surface area contributed by atoms with E-state index in [-0.39, 0.29) is 91.4 Å². The highest BCUT2D eigenvalue weighted by molar-refractivity contribution is 5.88. The maximum Gasteiger partial charge on any atom is 0.317 e. The number of nitrogens with two attached hydrogens (primary N) is 1. The molecular weight excluding hydrogens is 618 g/mol. The smallest absolute Gasteiger partial charge is 0.317 e. The van der Waals surface area contributed by atoms with Crippen molar-refractivity contribution < 1.29 is 64.5 Å². The van der Waals surface area contributed by atoms with E-state index in [1.54, 1.807) is 19.6 Å². The second kappa shape index (κ2) is 21.3. The van der Waals surface area contributed by atoms with E-state index in [1.165, 1.54) is 0 Å². The van der Waals surface area contributed by atoms with E-state index in [1.807, 2.05) is 0 Å². The topological polar surface area (TPSA) is 307 Å². The number of nitrogens with one attached hydrogen (secondary N) is 2. The lowest BCUT2D eigenvalue weighted by molar-refractivity contribution is -0.140. The average molecular weight is 666 g/mol. The zero-order chi connectivity index (χ0) is 34.8. The molecule has 46 heavy (non-hydrogen) atoms. The van der Waals surface area contributed by atoms with Crippen LogP contribution in [-0.4, -0.2) is 207 Å². The normalized spacial score (nSPS) is 19.0. The first-order chi connectivity index (χ1) is 21.6. The number of hydrogen-bond donors (Lipinski definition) is 10. The monoisotopic (exact) mass is 665 g/mol. The van der Waals surface area contributed by atoms with Crippen LogP contribution in [0.15, 0.2) is 0 Å². The second-order valence-electron chi connectivity index (χ2n) is 11.0. The predicted molar refractivity (Wildman–Crippen MR) is 157 cm³/mol. The molecule has 20 heteroatoms. The van der Waals surface area contributed by atoms with Gasteiger partial charge in [-0.25, -0.2) is 0 Å². The van der Waals surface area contributed by atoms with Gasteiger partial charge in [0.15, 0.2) is 0 Å². The van der Waals surface area contributed by atoms with Crippen LogP contribution >= 0.6 is 0 Å². The number of carboxylic acid groups (broad SMARTS) is 3. The lowest BCUT2D eigenvalue weighted by atomic mass is 10.1. The lowest BCUT2D eigenvalue weighted by Crippen LogP contribution is -2.52. The van der Waals surface area contributed by atoms with Crippen LogP contribution in [0.25, 0.3) is 0 Å². The molecule has 0 aromatic heterocycles. The molecule has 1 aliphatic heterocycles. The van der Waals surface area contributed by atoms with Gasteiger partial charge in [-0.1, -0.05) is 0 Å². The number of aliphatic carboxylic acids is 3. The Labute approximate surface area is 265 Å². The number of carboxylic acids is 3. The van der Waals surface area contributed by atoms with Crippen LogP contribution in [0.2, 0.25) is 0 Å². The fraction of sp³-hybridized carbons (Fsp3) is 0.769. The number of aliphatic hydroxyl groups excluding tert-OH is 4. The SMILES string of the molecule is NC(=O)[C@H](CCC(=O)NC[C@H](O)[C@@H](O)[C@H](O)CO)NC(=O)CN1CCN(CC(=O)O)CCN(CC(=O)O)CCN(CC(=O)O)CC1. The van der Waals surface area contributed by atoms with Gasteiger partial charge in [-0.15, -0.1) is 0 Å². The van der Waals surface area contributed by atoms with Gasteiger partial charge in [-0.3, -0.25) is 48.4 Å². The molecule has 0 spiro atoms. The molecular formula is C26H47N7O13. The molecule has 1 rings (SSSR count). The van der Waals surface area contributed by atoms with Crippen LogP contribution < -0.4 is 16.4 Å². The van der Waals surface area contributed by atoms with Crippen molar-refractivity contribution >= 4 is 35.6 Å². The third kappa shape index (κ3) is 17.3. The van der Waals surface area contributed by atoms with E-state index in [2.05, 4.69) is 10.6 Å². The Morgan fingerprint density at radius 2 is 1.02 bits per heavy atom. The van der Waals surface area contributed by atoms with Gasteiger partial charge in [0, 0.05) is 65.3 Å². The standard InChI is InChI=1S/C26H47N7O13/c27-26(46)17(1-2-20(37)28-11-18(35)25(45)19(36)16-34)29-21(38)12-30-3-5-31(13-22(39)40)7-9-33(15-24(43)44)10-8-32(6-4-30)14-23(41)42/h17-19,25,34-36,45H,1-16H2,(H2,27,46)(H,28,37)(H,29,38)(H,39,40)(H,41,42)(H,43,44)/t17-,18-,19+,25+/m0/s1. The van der Waals surface area contributed by atoms with E-state index in [4.69, 9.17) is 10.8 Å². The summed E-state index contributed by atoms with van der Waals surface area (Å²) >= 11 is 0. The van der Waals surface area contributed by atoms with Gasteiger partial charge in [0.1, 0.15) is 18.2 Å². The fourth-order valence-electron chi connectivity index (χ4n) is 4.58. The summed E-state index contributed by atoms with van der Waals surface area (Å²) in [4.78, 5) is 77.8. The zero-order valence-corrected chi connectivity index (χ0v) is 25.6. The van der Waals surface area contributed by atoms with Crippen molar-refractivity contribution in [3.8, 4) is 0 Å². The Morgan fingerprint density at radius 1 is 0.630 bits per heavy atom. The third-order valence-electron chi connectivity index (χ3n) is 7.20. The minimum absolute atomic E-state index is 0.170. The lowest BCUT2D eigenvalue weighted by Gasteiger charge is -2.33. The first-order valence-electron chi connectivity index (χ1n) is 14.7. The van der Waals surface area contributed by atoms with Gasteiger partial charge in [-0.05, 0) is 6.42 Å². The summed E-state index contributed by atoms with van der Waals surface area (Å²) in [6.07, 6.45) is -5.44. The molecule has 1 heterocycles. The number of hydrogen-bond acceptors (Lipinski definition) is 14. The van der Waals surface area contributed by atoms with Gasteiger partial charge in [-0.2, -0.15) is 0 Å². The van der Waals surface area contributed by atoms with Gasteiger partial charge in [0.25, 0.3) is 0 Å². The van der Waals surface area contributed by atoms with Crippen molar-refractivity contribution in [1.82, 2.24) is 30.2 Å². The number of aliphatic hydroxyl groups is 4. The van der Waals surface area contributed by atoms with Crippen LogP contribution in [0.1, 0.15) is 12.8 Å². The van der Waals surface area contributed by atoms with Gasteiger partial charge >= 0.3 is 17.9 Å². The summed E-state index contributed by atoms with van der Waals surface area (Å²) in [6.45, 7) is -1.03. The number of carbonyl (C=O) groups excluding carboxylic acids is 3. The van der Waals surface area contributed by atoms with E-state index in [9.17, 15) is 59.4 Å². The molecule has 20 nitrogen and oxygen atoms in total. The van der Waals surface area contributed by atoms with Crippen LogP contribution in [0.5, 0.6) is 0 Å². The third-order valence-corrected chi connectivity index (χ3v) is 7.20. The van der Waals surface area contributed by atoms with Crippen molar-refractivity contribution in [3.05, 3.63) is 0 Å². The summed E-state index contributed by atoms with van der Waals surface area (Å²) in [5, 5.41) is 70.4. The highest BCUT2D eigenvalue weighted by Gasteiger charge is 2.26. The van der Waals surface area contributed by atoms with E-state index in [0.29, 0.717) is 0 Å². The number of rotatable bonds is 18. The van der Waals surface area contributed by atoms with Gasteiger partial charge in [0.05, 0.1) is 38.9 Å². The number of carbonyl (C=O) groups is 6. The molecule has 0 unspecified atom stereocenters. The number of amides is 3. The molecule has 0 aromatic rings. The molecule has 4 atom stereocenters. The molecule has 0 radical (unpaired) electrons. The highest BCUT2D eigenvalue weighted by atomic mass is 16.4. The quantitative estimate of drug-likeness (QED) is 0.0650. The minimum atomic E-state index is -1.72. The summed E-state index contributed by atoms with van der Waals surface area (Å²) < 4.78 is 0. The van der Waals surface area contributed by atoms with Crippen LogP contribution in [0, 0.1) is 0 Å². The molecule has 0 saturated carbocycles. The molecule has 0 aromatic carbocycles. The maximum atomic E-state index is 12.9. The molecule has 11 N–H and O–H groups in total. The molecule has 0 aliphatic carbocycles. The largest absolute Gasteiger partial charge is 0.480 e. The second-order valence-corrected chi connectivity index (χ2v) is 11.0. The van der Waals surface area contributed by atoms with Crippen molar-refractivity contribution in [2.24, 2.45) is 5.73 Å². The summed E-state index contributed by atoms with van der Waals surface area (Å²) in [5.74, 6) is -5.52. The van der Waals surface area contributed by atoms with Gasteiger partial charge < -0.3 is 52.1 Å². The van der Waals surface area contributed by atoms with Gasteiger partial charge in [0.2, 0.25) is 17.7 Å². The summed E-state index contributed by atoms with van der Waals surface area (Å²) in [7, 11) is 0. The Bertz CT molecular complexity index is 989. The van der Waals surface area contributed by atoms with Crippen molar-refractivity contribution in [2.75, 3.05) is 91.7 Å². The Morgan fingerprint density at radius 3 is 1.37 bits per heavy atom. The Balaban J connectivity index is 2.87. The van der Waals surface area contributed by atoms with Crippen molar-refractivity contribution in [2.45, 2.75) is 37.2 Å². The molecule has 3 amide bonds. The van der Waals surface area contributed by atoms with Crippen molar-refractivity contribution in [1.29, 1.82) is 0 Å². The van der Waals surface area contributed by atoms with Crippen LogP contribution in [0.3, 0.4) is 0 Å². The number of nitrogens with zero attached hydrogens (tertiary/aromatic N) is 4. The Hall–Kier alpha value is -3.50. The molecule has 1 aliphatic rings. The zero-order valence-electron chi connectivity index (χ0n) is 25.6. The van der Waals surface area contributed by atoms with E-state index >= 15 is 0 Å². The molecule has 1 saturated heterocycles. The molecule has 1 fully saturated rings. The fourth-order valence-corrected chi connectivity index (χ4v) is 4.58.